The van der Waals surface area contributed by atoms with E-state index in [9.17, 15) is 22.4 Å². The third-order valence-corrected chi connectivity index (χ3v) is 1.74. The molecule has 0 fully saturated rings. The first-order chi connectivity index (χ1) is 7.31. The standard InChI is InChI=1S/C9H13F4NO2/c1-6(7(15)16-2)3-4-14-5-9(12,13)8(10)11/h3,8,14H,4-5H2,1-2H3. The molecule has 0 spiro atoms. The molecule has 16 heavy (non-hydrogen) atoms. The van der Waals surface area contributed by atoms with Gasteiger partial charge in [0.2, 0.25) is 0 Å². The summed E-state index contributed by atoms with van der Waals surface area (Å²) in [6, 6.07) is 0. The number of esters is 1. The second-order valence-electron chi connectivity index (χ2n) is 3.07. The molecule has 0 heterocycles. The molecule has 94 valence electrons. The van der Waals surface area contributed by atoms with Crippen LogP contribution in [0.2, 0.25) is 0 Å². The van der Waals surface area contributed by atoms with Gasteiger partial charge in [0.05, 0.1) is 13.7 Å². The van der Waals surface area contributed by atoms with Gasteiger partial charge in [-0.25, -0.2) is 13.6 Å². The Morgan fingerprint density at radius 3 is 2.50 bits per heavy atom. The van der Waals surface area contributed by atoms with E-state index in [-0.39, 0.29) is 12.1 Å². The average molecular weight is 243 g/mol. The Balaban J connectivity index is 3.97. The van der Waals surface area contributed by atoms with Gasteiger partial charge in [0.1, 0.15) is 0 Å². The van der Waals surface area contributed by atoms with Crippen molar-refractivity contribution in [2.24, 2.45) is 0 Å². The zero-order chi connectivity index (χ0) is 12.8. The molecule has 0 aliphatic carbocycles. The smallest absolute Gasteiger partial charge is 0.333 e. The third kappa shape index (κ3) is 5.11. The number of alkyl halides is 4. The summed E-state index contributed by atoms with van der Waals surface area (Å²) < 4.78 is 52.5. The predicted molar refractivity (Wildman–Crippen MR) is 49.6 cm³/mol. The van der Waals surface area contributed by atoms with Gasteiger partial charge in [0, 0.05) is 12.1 Å². The molecule has 0 aliphatic heterocycles. The van der Waals surface area contributed by atoms with Crippen molar-refractivity contribution in [2.45, 2.75) is 19.3 Å². The van der Waals surface area contributed by atoms with Crippen LogP contribution in [0.4, 0.5) is 17.6 Å². The summed E-state index contributed by atoms with van der Waals surface area (Å²) >= 11 is 0. The summed E-state index contributed by atoms with van der Waals surface area (Å²) in [6.45, 7) is 0.178. The normalized spacial score (nSPS) is 13.1. The van der Waals surface area contributed by atoms with Crippen LogP contribution in [0.25, 0.3) is 0 Å². The van der Waals surface area contributed by atoms with Crippen LogP contribution in [0.3, 0.4) is 0 Å². The number of carbonyl (C=O) groups is 1. The maximum absolute atomic E-state index is 12.4. The fourth-order valence-corrected chi connectivity index (χ4v) is 0.786. The van der Waals surface area contributed by atoms with Crippen LogP contribution in [0.15, 0.2) is 11.6 Å². The number of ether oxygens (including phenoxy) is 1. The summed E-state index contributed by atoms with van der Waals surface area (Å²) in [4.78, 5) is 10.8. The highest BCUT2D eigenvalue weighted by molar-refractivity contribution is 5.87. The Labute approximate surface area is 90.5 Å². The molecule has 0 radical (unpaired) electrons. The first-order valence-electron chi connectivity index (χ1n) is 4.43. The minimum atomic E-state index is -4.06. The molecular weight excluding hydrogens is 230 g/mol. The monoisotopic (exact) mass is 243 g/mol. The van der Waals surface area contributed by atoms with Gasteiger partial charge in [-0.05, 0) is 6.92 Å². The molecule has 3 nitrogen and oxygen atoms in total. The zero-order valence-corrected chi connectivity index (χ0v) is 8.90. The van der Waals surface area contributed by atoms with Crippen LogP contribution >= 0.6 is 0 Å². The van der Waals surface area contributed by atoms with Crippen molar-refractivity contribution < 1.29 is 27.1 Å². The van der Waals surface area contributed by atoms with Gasteiger partial charge in [0.15, 0.2) is 0 Å². The molecule has 0 saturated carbocycles. The first-order valence-corrected chi connectivity index (χ1v) is 4.43. The minimum absolute atomic E-state index is 0.108. The Bertz CT molecular complexity index is 266. The van der Waals surface area contributed by atoms with E-state index in [0.29, 0.717) is 0 Å². The van der Waals surface area contributed by atoms with Gasteiger partial charge in [-0.15, -0.1) is 0 Å². The Morgan fingerprint density at radius 1 is 1.50 bits per heavy atom. The Kier molecular flexibility index (Phi) is 6.02. The fourth-order valence-electron chi connectivity index (χ4n) is 0.786. The van der Waals surface area contributed by atoms with E-state index in [4.69, 9.17) is 0 Å². The van der Waals surface area contributed by atoms with Crippen molar-refractivity contribution >= 4 is 5.97 Å². The van der Waals surface area contributed by atoms with Gasteiger partial charge < -0.3 is 10.1 Å². The lowest BCUT2D eigenvalue weighted by Gasteiger charge is -2.14. The fraction of sp³-hybridized carbons (Fsp3) is 0.667. The van der Waals surface area contributed by atoms with Crippen molar-refractivity contribution in [3.8, 4) is 0 Å². The Morgan fingerprint density at radius 2 is 2.06 bits per heavy atom. The van der Waals surface area contributed by atoms with Gasteiger partial charge in [-0.2, -0.15) is 8.78 Å². The average Bonchev–Trinajstić information content (AvgIpc) is 2.22. The highest BCUT2D eigenvalue weighted by Gasteiger charge is 2.39. The van der Waals surface area contributed by atoms with Crippen molar-refractivity contribution in [3.05, 3.63) is 11.6 Å². The first kappa shape index (κ1) is 14.9. The lowest BCUT2D eigenvalue weighted by Crippen LogP contribution is -2.38. The van der Waals surface area contributed by atoms with Crippen LogP contribution in [0.1, 0.15) is 6.92 Å². The van der Waals surface area contributed by atoms with Crippen LogP contribution < -0.4 is 5.32 Å². The second kappa shape index (κ2) is 6.47. The highest BCUT2D eigenvalue weighted by Crippen LogP contribution is 2.21. The van der Waals surface area contributed by atoms with E-state index in [2.05, 4.69) is 10.1 Å². The highest BCUT2D eigenvalue weighted by atomic mass is 19.3. The lowest BCUT2D eigenvalue weighted by molar-refractivity contribution is -0.136. The third-order valence-electron chi connectivity index (χ3n) is 1.74. The number of carbonyl (C=O) groups excluding carboxylic acids is 1. The van der Waals surface area contributed by atoms with E-state index < -0.39 is 24.9 Å². The number of rotatable bonds is 6. The number of methoxy groups -OCH3 is 1. The van der Waals surface area contributed by atoms with Crippen LogP contribution in [-0.2, 0) is 9.53 Å². The summed E-state index contributed by atoms with van der Waals surface area (Å²) in [5.41, 5.74) is 0.218. The molecular formula is C9H13F4NO2. The molecule has 0 rings (SSSR count). The molecule has 0 unspecified atom stereocenters. The number of nitrogens with one attached hydrogen (secondary N) is 1. The number of halogens is 4. The van der Waals surface area contributed by atoms with Crippen LogP contribution in [0.5, 0.6) is 0 Å². The maximum Gasteiger partial charge on any atom is 0.333 e. The van der Waals surface area contributed by atoms with E-state index in [0.717, 1.165) is 0 Å². The van der Waals surface area contributed by atoms with Crippen molar-refractivity contribution in [3.63, 3.8) is 0 Å². The van der Waals surface area contributed by atoms with Crippen LogP contribution in [0, 0.1) is 0 Å². The molecule has 1 N–H and O–H groups in total. The Hall–Kier alpha value is -1.11. The van der Waals surface area contributed by atoms with Gasteiger partial charge >= 0.3 is 18.3 Å². The van der Waals surface area contributed by atoms with E-state index >= 15 is 0 Å². The van der Waals surface area contributed by atoms with Gasteiger partial charge in [-0.3, -0.25) is 0 Å². The minimum Gasteiger partial charge on any atom is -0.466 e. The SMILES string of the molecule is COC(=O)C(C)=CCNCC(F)(F)C(F)F. The van der Waals surface area contributed by atoms with Gasteiger partial charge in [0.25, 0.3) is 0 Å². The van der Waals surface area contributed by atoms with Gasteiger partial charge in [-0.1, -0.05) is 6.08 Å². The predicted octanol–water partition coefficient (Wildman–Crippen LogP) is 1.60. The molecule has 0 aromatic carbocycles. The van der Waals surface area contributed by atoms with Crippen molar-refractivity contribution in [1.29, 1.82) is 0 Å². The van der Waals surface area contributed by atoms with E-state index in [1.165, 1.54) is 20.1 Å². The van der Waals surface area contributed by atoms with Crippen LogP contribution in [-0.4, -0.2) is 38.5 Å². The molecule has 0 atom stereocenters. The molecule has 0 bridgehead atoms. The summed E-state index contributed by atoms with van der Waals surface area (Å²) in [7, 11) is 1.18. The molecule has 0 aromatic heterocycles. The number of hydrogen-bond donors (Lipinski definition) is 1. The molecule has 7 heteroatoms. The van der Waals surface area contributed by atoms with E-state index in [1.807, 2.05) is 0 Å². The van der Waals surface area contributed by atoms with E-state index in [1.54, 1.807) is 0 Å². The topological polar surface area (TPSA) is 38.3 Å². The molecule has 0 saturated heterocycles. The quantitative estimate of drug-likeness (QED) is 0.333. The second-order valence-corrected chi connectivity index (χ2v) is 3.07. The number of hydrogen-bond acceptors (Lipinski definition) is 3. The summed E-state index contributed by atoms with van der Waals surface area (Å²) in [5.74, 6) is -4.66. The van der Waals surface area contributed by atoms with Crippen molar-refractivity contribution in [2.75, 3.05) is 20.2 Å². The maximum atomic E-state index is 12.4. The van der Waals surface area contributed by atoms with Crippen molar-refractivity contribution in [1.82, 2.24) is 5.32 Å². The zero-order valence-electron chi connectivity index (χ0n) is 8.90. The molecule has 0 aliphatic rings. The molecule has 0 aromatic rings. The molecule has 0 amide bonds. The lowest BCUT2D eigenvalue weighted by atomic mass is 10.3. The largest absolute Gasteiger partial charge is 0.466 e. The summed E-state index contributed by atoms with van der Waals surface area (Å²) in [6.07, 6.45) is -2.42. The summed E-state index contributed by atoms with van der Waals surface area (Å²) in [5, 5.41) is 2.10.